The van der Waals surface area contributed by atoms with Crippen LogP contribution in [0.5, 0.6) is 0 Å². The molecule has 0 radical (unpaired) electrons. The van der Waals surface area contributed by atoms with Crippen LogP contribution in [0.2, 0.25) is 0 Å². The molecule has 0 saturated carbocycles. The van der Waals surface area contributed by atoms with E-state index >= 15 is 0 Å². The fraction of sp³-hybridized carbons (Fsp3) is 1.00. The summed E-state index contributed by atoms with van der Waals surface area (Å²) in [4.78, 5) is 0. The standard InChI is InChI=1S/C9H21NO3/c1-3-9(7-11,8-12)10-5-6-13-4-2/h10-12H,3-8H2,1-2H3. The van der Waals surface area contributed by atoms with E-state index in [-0.39, 0.29) is 13.2 Å². The predicted molar refractivity (Wildman–Crippen MR) is 51.7 cm³/mol. The van der Waals surface area contributed by atoms with E-state index in [9.17, 15) is 0 Å². The summed E-state index contributed by atoms with van der Waals surface area (Å²) in [5.41, 5.74) is -0.545. The first-order chi connectivity index (χ1) is 6.24. The van der Waals surface area contributed by atoms with E-state index in [1.54, 1.807) is 0 Å². The van der Waals surface area contributed by atoms with Gasteiger partial charge in [0.05, 0.1) is 25.4 Å². The molecule has 0 rings (SSSR count). The van der Waals surface area contributed by atoms with Gasteiger partial charge in [-0.05, 0) is 13.3 Å². The van der Waals surface area contributed by atoms with Gasteiger partial charge in [0, 0.05) is 13.2 Å². The van der Waals surface area contributed by atoms with Crippen molar-refractivity contribution < 1.29 is 14.9 Å². The Labute approximate surface area is 79.9 Å². The van der Waals surface area contributed by atoms with Crippen molar-refractivity contribution in [3.63, 3.8) is 0 Å². The largest absolute Gasteiger partial charge is 0.394 e. The van der Waals surface area contributed by atoms with Crippen LogP contribution in [0.25, 0.3) is 0 Å². The molecule has 0 saturated heterocycles. The van der Waals surface area contributed by atoms with Crippen LogP contribution in [0.3, 0.4) is 0 Å². The van der Waals surface area contributed by atoms with Crippen molar-refractivity contribution in [1.82, 2.24) is 5.32 Å². The van der Waals surface area contributed by atoms with Crippen LogP contribution in [-0.2, 0) is 4.74 Å². The maximum absolute atomic E-state index is 9.07. The van der Waals surface area contributed by atoms with Crippen molar-refractivity contribution in [2.75, 3.05) is 33.0 Å². The smallest absolute Gasteiger partial charge is 0.0646 e. The molecule has 0 heterocycles. The Balaban J connectivity index is 3.68. The highest BCUT2D eigenvalue weighted by atomic mass is 16.5. The van der Waals surface area contributed by atoms with Crippen LogP contribution in [0.15, 0.2) is 0 Å². The minimum Gasteiger partial charge on any atom is -0.394 e. The molecule has 3 N–H and O–H groups in total. The molecule has 0 amide bonds. The highest BCUT2D eigenvalue weighted by Crippen LogP contribution is 2.07. The molecule has 0 aromatic carbocycles. The molecule has 4 nitrogen and oxygen atoms in total. The Bertz CT molecular complexity index is 107. The lowest BCUT2D eigenvalue weighted by Gasteiger charge is -2.29. The minimum absolute atomic E-state index is 0.0495. The van der Waals surface area contributed by atoms with Gasteiger partial charge in [-0.25, -0.2) is 0 Å². The van der Waals surface area contributed by atoms with Gasteiger partial charge < -0.3 is 20.3 Å². The number of rotatable bonds is 8. The van der Waals surface area contributed by atoms with Crippen LogP contribution in [-0.4, -0.2) is 48.7 Å². The van der Waals surface area contributed by atoms with Crippen molar-refractivity contribution in [1.29, 1.82) is 0 Å². The first-order valence-corrected chi connectivity index (χ1v) is 4.79. The molecule has 0 bridgehead atoms. The van der Waals surface area contributed by atoms with Gasteiger partial charge in [0.1, 0.15) is 0 Å². The summed E-state index contributed by atoms with van der Waals surface area (Å²) >= 11 is 0. The van der Waals surface area contributed by atoms with Crippen LogP contribution in [0.1, 0.15) is 20.3 Å². The third-order valence-electron chi connectivity index (χ3n) is 2.23. The summed E-state index contributed by atoms with van der Waals surface area (Å²) in [6, 6.07) is 0. The third kappa shape index (κ3) is 4.57. The van der Waals surface area contributed by atoms with Crippen molar-refractivity contribution in [2.24, 2.45) is 0 Å². The number of aliphatic hydroxyl groups is 2. The van der Waals surface area contributed by atoms with Gasteiger partial charge in [-0.3, -0.25) is 0 Å². The first kappa shape index (κ1) is 12.8. The summed E-state index contributed by atoms with van der Waals surface area (Å²) in [6.07, 6.45) is 0.701. The van der Waals surface area contributed by atoms with E-state index in [4.69, 9.17) is 14.9 Å². The Morgan fingerprint density at radius 1 is 1.23 bits per heavy atom. The normalized spacial score (nSPS) is 12.0. The summed E-state index contributed by atoms with van der Waals surface area (Å²) in [7, 11) is 0. The SMILES string of the molecule is CCOCCNC(CC)(CO)CO. The average molecular weight is 191 g/mol. The van der Waals surface area contributed by atoms with Crippen molar-refractivity contribution in [3.05, 3.63) is 0 Å². The Kier molecular flexibility index (Phi) is 7.17. The van der Waals surface area contributed by atoms with Crippen molar-refractivity contribution in [3.8, 4) is 0 Å². The monoisotopic (exact) mass is 191 g/mol. The molecule has 0 spiro atoms. The molecule has 0 aromatic rings. The van der Waals surface area contributed by atoms with Crippen molar-refractivity contribution in [2.45, 2.75) is 25.8 Å². The van der Waals surface area contributed by atoms with E-state index in [0.29, 0.717) is 26.2 Å². The molecule has 4 heteroatoms. The highest BCUT2D eigenvalue weighted by Gasteiger charge is 2.24. The molecular formula is C9H21NO3. The van der Waals surface area contributed by atoms with Gasteiger partial charge in [0.25, 0.3) is 0 Å². The molecule has 0 aliphatic carbocycles. The van der Waals surface area contributed by atoms with Gasteiger partial charge in [-0.15, -0.1) is 0 Å². The first-order valence-electron chi connectivity index (χ1n) is 4.79. The maximum Gasteiger partial charge on any atom is 0.0646 e. The van der Waals surface area contributed by atoms with E-state index in [1.165, 1.54) is 0 Å². The summed E-state index contributed by atoms with van der Waals surface area (Å²) in [5.74, 6) is 0. The molecule has 0 fully saturated rings. The number of nitrogens with one attached hydrogen (secondary N) is 1. The molecule has 80 valence electrons. The number of hydrogen-bond donors (Lipinski definition) is 3. The van der Waals surface area contributed by atoms with Crippen LogP contribution < -0.4 is 5.32 Å². The quantitative estimate of drug-likeness (QED) is 0.463. The zero-order valence-electron chi connectivity index (χ0n) is 8.55. The van der Waals surface area contributed by atoms with Gasteiger partial charge in [-0.2, -0.15) is 0 Å². The Morgan fingerprint density at radius 2 is 1.85 bits per heavy atom. The number of ether oxygens (including phenoxy) is 1. The van der Waals surface area contributed by atoms with Gasteiger partial charge in [0.2, 0.25) is 0 Å². The molecule has 0 unspecified atom stereocenters. The minimum atomic E-state index is -0.545. The molecule has 0 aliphatic heterocycles. The van der Waals surface area contributed by atoms with Crippen LogP contribution >= 0.6 is 0 Å². The highest BCUT2D eigenvalue weighted by molar-refractivity contribution is 4.84. The number of hydrogen-bond acceptors (Lipinski definition) is 4. The third-order valence-corrected chi connectivity index (χ3v) is 2.23. The van der Waals surface area contributed by atoms with Gasteiger partial charge >= 0.3 is 0 Å². The molecule has 0 atom stereocenters. The summed E-state index contributed by atoms with van der Waals surface area (Å²) in [5, 5.41) is 21.2. The van der Waals surface area contributed by atoms with E-state index in [1.807, 2.05) is 13.8 Å². The lowest BCUT2D eigenvalue weighted by atomic mass is 9.99. The second-order valence-corrected chi connectivity index (χ2v) is 3.07. The topological polar surface area (TPSA) is 61.7 Å². The van der Waals surface area contributed by atoms with Crippen LogP contribution in [0, 0.1) is 0 Å². The van der Waals surface area contributed by atoms with E-state index in [0.717, 1.165) is 0 Å². The predicted octanol–water partition coefficient (Wildman–Crippen LogP) is -0.254. The second kappa shape index (κ2) is 7.26. The second-order valence-electron chi connectivity index (χ2n) is 3.07. The zero-order chi connectivity index (χ0) is 10.2. The van der Waals surface area contributed by atoms with E-state index < -0.39 is 5.54 Å². The lowest BCUT2D eigenvalue weighted by molar-refractivity contribution is 0.0743. The summed E-state index contributed by atoms with van der Waals surface area (Å²) < 4.78 is 5.14. The molecule has 0 aliphatic rings. The Hall–Kier alpha value is -0.160. The zero-order valence-corrected chi connectivity index (χ0v) is 8.55. The molecule has 13 heavy (non-hydrogen) atoms. The van der Waals surface area contributed by atoms with Crippen molar-refractivity contribution >= 4 is 0 Å². The van der Waals surface area contributed by atoms with Crippen LogP contribution in [0.4, 0.5) is 0 Å². The lowest BCUT2D eigenvalue weighted by Crippen LogP contribution is -2.52. The van der Waals surface area contributed by atoms with Gasteiger partial charge in [0.15, 0.2) is 0 Å². The molecule has 0 aromatic heterocycles. The average Bonchev–Trinajstić information content (AvgIpc) is 2.20. The van der Waals surface area contributed by atoms with Gasteiger partial charge in [-0.1, -0.05) is 6.92 Å². The molecular weight excluding hydrogens is 170 g/mol. The fourth-order valence-corrected chi connectivity index (χ4v) is 1.04. The van der Waals surface area contributed by atoms with E-state index in [2.05, 4.69) is 5.32 Å². The Morgan fingerprint density at radius 3 is 2.23 bits per heavy atom. The maximum atomic E-state index is 9.07. The number of aliphatic hydroxyl groups excluding tert-OH is 2. The fourth-order valence-electron chi connectivity index (χ4n) is 1.04. The summed E-state index contributed by atoms with van der Waals surface area (Å²) in [6.45, 7) is 5.73.